The summed E-state index contributed by atoms with van der Waals surface area (Å²) in [5.41, 5.74) is 4.17. The van der Waals surface area contributed by atoms with Crippen LogP contribution in [0, 0.1) is 0 Å². The number of rotatable bonds is 0. The highest BCUT2D eigenvalue weighted by Gasteiger charge is 2.21. The van der Waals surface area contributed by atoms with Crippen LogP contribution < -0.4 is 18.9 Å². The summed E-state index contributed by atoms with van der Waals surface area (Å²) in [6, 6.07) is 50.9. The predicted molar refractivity (Wildman–Crippen MR) is 220 cm³/mol. The van der Waals surface area contributed by atoms with Crippen LogP contribution in [0.2, 0.25) is 0 Å². The van der Waals surface area contributed by atoms with Crippen molar-refractivity contribution in [3.63, 3.8) is 0 Å². The van der Waals surface area contributed by atoms with Gasteiger partial charge in [-0.05, 0) is 86.6 Å². The normalized spacial score (nSPS) is 14.5. The zero-order valence-corrected chi connectivity index (χ0v) is 30.3. The van der Waals surface area contributed by atoms with Crippen molar-refractivity contribution in [2.75, 3.05) is 39.6 Å². The molecule has 0 spiro atoms. The van der Waals surface area contributed by atoms with Crippen LogP contribution in [0.3, 0.4) is 0 Å². The van der Waals surface area contributed by atoms with E-state index in [1.807, 2.05) is 0 Å². The molecule has 9 rings (SSSR count). The Morgan fingerprint density at radius 3 is 0.889 bits per heavy atom. The predicted octanol–water partition coefficient (Wildman–Crippen LogP) is 12.0. The summed E-state index contributed by atoms with van der Waals surface area (Å²) in [5, 5.41) is 9.12. The Kier molecular flexibility index (Phi) is 9.70. The maximum Gasteiger partial charge on any atom is 0.128 e. The van der Waals surface area contributed by atoms with Gasteiger partial charge in [-0.3, -0.25) is 0 Å². The van der Waals surface area contributed by atoms with Gasteiger partial charge in [-0.15, -0.1) is 0 Å². The number of fused-ring (bicyclic) bond motifs is 14. The summed E-state index contributed by atoms with van der Waals surface area (Å²) in [7, 11) is 0. The highest BCUT2D eigenvalue weighted by molar-refractivity contribution is 6.11. The molecule has 5 nitrogen and oxygen atoms in total. The highest BCUT2D eigenvalue weighted by atomic mass is 16.5. The second-order valence-electron chi connectivity index (χ2n) is 13.7. The third kappa shape index (κ3) is 6.68. The van der Waals surface area contributed by atoms with Crippen LogP contribution >= 0.6 is 0 Å². The SMILES string of the molecule is c1ccc2c3c(ccc2c1)OCCCCCOc1ccc2ccccc2c1-c1c(ccc2ccccc12)OCCOCCOc1ccc2ccccc2c1-3. The van der Waals surface area contributed by atoms with Gasteiger partial charge < -0.3 is 23.7 Å². The minimum Gasteiger partial charge on any atom is -0.493 e. The molecule has 0 bridgehead atoms. The Bertz CT molecular complexity index is 2230. The topological polar surface area (TPSA) is 46.2 Å². The Balaban J connectivity index is 1.07. The molecule has 0 saturated heterocycles. The van der Waals surface area contributed by atoms with Crippen LogP contribution in [-0.2, 0) is 4.74 Å². The van der Waals surface area contributed by atoms with Gasteiger partial charge in [-0.2, -0.15) is 0 Å². The Morgan fingerprint density at radius 1 is 0.259 bits per heavy atom. The lowest BCUT2D eigenvalue weighted by Gasteiger charge is -2.21. The molecule has 0 N–H and O–H groups in total. The Labute approximate surface area is 315 Å². The zero-order valence-electron chi connectivity index (χ0n) is 30.3. The van der Waals surface area contributed by atoms with Gasteiger partial charge in [0.25, 0.3) is 0 Å². The Hall–Kier alpha value is -6.04. The lowest BCUT2D eigenvalue weighted by Crippen LogP contribution is -2.13. The molecule has 268 valence electrons. The van der Waals surface area contributed by atoms with E-state index in [9.17, 15) is 0 Å². The molecule has 0 radical (unpaired) electrons. The van der Waals surface area contributed by atoms with E-state index in [1.54, 1.807) is 0 Å². The molecule has 0 atom stereocenters. The van der Waals surface area contributed by atoms with Crippen molar-refractivity contribution in [2.45, 2.75) is 19.3 Å². The minimum atomic E-state index is 0.393. The van der Waals surface area contributed by atoms with Crippen LogP contribution in [0.25, 0.3) is 65.3 Å². The molecule has 5 heteroatoms. The quantitative estimate of drug-likeness (QED) is 0.157. The van der Waals surface area contributed by atoms with Crippen molar-refractivity contribution < 1.29 is 23.7 Å². The van der Waals surface area contributed by atoms with E-state index in [0.29, 0.717) is 39.6 Å². The molecule has 0 aromatic heterocycles. The van der Waals surface area contributed by atoms with E-state index in [-0.39, 0.29) is 0 Å². The van der Waals surface area contributed by atoms with Crippen LogP contribution in [-0.4, -0.2) is 39.6 Å². The van der Waals surface area contributed by atoms with Crippen molar-refractivity contribution in [1.29, 1.82) is 0 Å². The molecular formula is C49H42O5. The molecule has 1 aliphatic heterocycles. The first-order chi connectivity index (χ1) is 26.8. The van der Waals surface area contributed by atoms with Gasteiger partial charge in [0, 0.05) is 22.3 Å². The maximum absolute atomic E-state index is 6.66. The van der Waals surface area contributed by atoms with Crippen LogP contribution in [0.1, 0.15) is 19.3 Å². The lowest BCUT2D eigenvalue weighted by molar-refractivity contribution is 0.0767. The number of benzene rings is 8. The first-order valence-corrected chi connectivity index (χ1v) is 19.0. The summed E-state index contributed by atoms with van der Waals surface area (Å²) >= 11 is 0. The molecule has 0 amide bonds. The summed E-state index contributed by atoms with van der Waals surface area (Å²) in [6.07, 6.45) is 2.77. The summed E-state index contributed by atoms with van der Waals surface area (Å²) in [6.45, 7) is 2.81. The third-order valence-electron chi connectivity index (χ3n) is 10.3. The number of hydrogen-bond donors (Lipinski definition) is 0. The van der Waals surface area contributed by atoms with Gasteiger partial charge in [-0.1, -0.05) is 121 Å². The van der Waals surface area contributed by atoms with Gasteiger partial charge >= 0.3 is 0 Å². The van der Waals surface area contributed by atoms with Crippen molar-refractivity contribution in [1.82, 2.24) is 0 Å². The fraction of sp³-hybridized carbons (Fsp3) is 0.184. The molecule has 1 heterocycles. The van der Waals surface area contributed by atoms with Crippen LogP contribution in [0.5, 0.6) is 23.0 Å². The fourth-order valence-corrected chi connectivity index (χ4v) is 7.79. The standard InChI is InChI=1S/C49H42O5/c1-10-28-51-42-24-20-34-12-2-6-16-38(34)46(42)48-40-18-8-4-14-36(40)22-26-44(48)53-32-30-50-31-33-54-45-27-23-37-15-5-9-19-41(37)49(45)47-39-17-7-3-13-35(39)21-25-43(47)52-29-11-1/h2-9,12-27H,1,10-11,28-33H2. The van der Waals surface area contributed by atoms with Gasteiger partial charge in [0.2, 0.25) is 0 Å². The number of hydrogen-bond acceptors (Lipinski definition) is 5. The van der Waals surface area contributed by atoms with Crippen LogP contribution in [0.15, 0.2) is 146 Å². The van der Waals surface area contributed by atoms with E-state index in [0.717, 1.165) is 108 Å². The van der Waals surface area contributed by atoms with Crippen LogP contribution in [0.4, 0.5) is 0 Å². The third-order valence-corrected chi connectivity index (χ3v) is 10.3. The summed E-state index contributed by atoms with van der Waals surface area (Å²) < 4.78 is 32.6. The van der Waals surface area contributed by atoms with Crippen molar-refractivity contribution in [3.8, 4) is 45.3 Å². The smallest absolute Gasteiger partial charge is 0.128 e. The average molecular weight is 711 g/mol. The van der Waals surface area contributed by atoms with E-state index in [2.05, 4.69) is 146 Å². The molecule has 0 saturated carbocycles. The summed E-state index contributed by atoms with van der Waals surface area (Å²) in [4.78, 5) is 0. The average Bonchev–Trinajstić information content (AvgIpc) is 3.22. The van der Waals surface area contributed by atoms with Gasteiger partial charge in [0.15, 0.2) is 0 Å². The molecule has 0 unspecified atom stereocenters. The highest BCUT2D eigenvalue weighted by Crippen LogP contribution is 2.47. The first-order valence-electron chi connectivity index (χ1n) is 19.0. The van der Waals surface area contributed by atoms with Crippen molar-refractivity contribution in [3.05, 3.63) is 146 Å². The van der Waals surface area contributed by atoms with Gasteiger partial charge in [0.05, 0.1) is 26.4 Å². The van der Waals surface area contributed by atoms with Crippen molar-refractivity contribution >= 4 is 43.1 Å². The molecule has 0 aliphatic carbocycles. The van der Waals surface area contributed by atoms with Gasteiger partial charge in [-0.25, -0.2) is 0 Å². The van der Waals surface area contributed by atoms with E-state index in [1.165, 1.54) is 0 Å². The monoisotopic (exact) mass is 710 g/mol. The van der Waals surface area contributed by atoms with Gasteiger partial charge in [0.1, 0.15) is 36.2 Å². The second kappa shape index (κ2) is 15.5. The maximum atomic E-state index is 6.66. The minimum absolute atomic E-state index is 0.393. The lowest BCUT2D eigenvalue weighted by atomic mass is 9.92. The largest absolute Gasteiger partial charge is 0.493 e. The summed E-state index contributed by atoms with van der Waals surface area (Å²) in [5.74, 6) is 3.32. The van der Waals surface area contributed by atoms with E-state index < -0.39 is 0 Å². The molecule has 54 heavy (non-hydrogen) atoms. The molecule has 8 aromatic carbocycles. The number of ether oxygens (including phenoxy) is 5. The fourth-order valence-electron chi connectivity index (χ4n) is 7.79. The molecule has 1 aliphatic rings. The molecular weight excluding hydrogens is 669 g/mol. The van der Waals surface area contributed by atoms with E-state index >= 15 is 0 Å². The second-order valence-corrected chi connectivity index (χ2v) is 13.7. The Morgan fingerprint density at radius 2 is 0.556 bits per heavy atom. The van der Waals surface area contributed by atoms with Crippen molar-refractivity contribution in [2.24, 2.45) is 0 Å². The molecule has 0 fully saturated rings. The molecule has 8 aromatic rings. The van der Waals surface area contributed by atoms with E-state index in [4.69, 9.17) is 23.7 Å². The first kappa shape index (κ1) is 33.8. The zero-order chi connectivity index (χ0) is 36.1.